The summed E-state index contributed by atoms with van der Waals surface area (Å²) in [5, 5.41) is 3.32. The molecule has 1 atom stereocenters. The standard InChI is InChI=1S/C18H20N2O/c1-14-12-19-18(20-14)13-21-17-10-6-5-9-16(17)11-15-7-3-2-4-8-15/h2-10,14H,11-13H2,1H3,(H,19,20). The van der Waals surface area contributed by atoms with Gasteiger partial charge in [-0.05, 0) is 24.1 Å². The van der Waals surface area contributed by atoms with E-state index in [0.717, 1.165) is 24.6 Å². The summed E-state index contributed by atoms with van der Waals surface area (Å²) in [6.45, 7) is 3.47. The molecule has 0 aliphatic carbocycles. The summed E-state index contributed by atoms with van der Waals surface area (Å²) >= 11 is 0. The topological polar surface area (TPSA) is 33.6 Å². The normalized spacial score (nSPS) is 17.2. The van der Waals surface area contributed by atoms with Crippen LogP contribution in [0, 0.1) is 0 Å². The molecule has 0 saturated heterocycles. The van der Waals surface area contributed by atoms with Gasteiger partial charge in [-0.15, -0.1) is 0 Å². The Morgan fingerprint density at radius 1 is 1.10 bits per heavy atom. The molecule has 1 unspecified atom stereocenters. The first-order chi connectivity index (χ1) is 10.3. The van der Waals surface area contributed by atoms with Gasteiger partial charge in [0.15, 0.2) is 0 Å². The van der Waals surface area contributed by atoms with E-state index in [9.17, 15) is 0 Å². The minimum absolute atomic E-state index is 0.420. The summed E-state index contributed by atoms with van der Waals surface area (Å²) in [5.74, 6) is 1.88. The number of benzene rings is 2. The lowest BCUT2D eigenvalue weighted by Gasteiger charge is -2.12. The van der Waals surface area contributed by atoms with E-state index < -0.39 is 0 Å². The van der Waals surface area contributed by atoms with E-state index in [-0.39, 0.29) is 0 Å². The molecule has 2 aromatic rings. The van der Waals surface area contributed by atoms with E-state index in [0.29, 0.717) is 12.6 Å². The van der Waals surface area contributed by atoms with Gasteiger partial charge in [0, 0.05) is 12.5 Å². The van der Waals surface area contributed by atoms with Crippen LogP contribution in [-0.2, 0) is 6.42 Å². The Balaban J connectivity index is 1.68. The van der Waals surface area contributed by atoms with Crippen LogP contribution >= 0.6 is 0 Å². The minimum Gasteiger partial charge on any atom is -0.485 e. The highest BCUT2D eigenvalue weighted by molar-refractivity contribution is 5.85. The summed E-state index contributed by atoms with van der Waals surface area (Å²) < 4.78 is 5.95. The number of nitrogens with zero attached hydrogens (tertiary/aromatic N) is 1. The van der Waals surface area contributed by atoms with Crippen LogP contribution in [0.5, 0.6) is 5.75 Å². The van der Waals surface area contributed by atoms with Crippen LogP contribution in [0.15, 0.2) is 59.6 Å². The van der Waals surface area contributed by atoms with E-state index in [2.05, 4.69) is 53.6 Å². The Morgan fingerprint density at radius 3 is 2.62 bits per heavy atom. The first-order valence-corrected chi connectivity index (χ1v) is 7.36. The maximum absolute atomic E-state index is 5.95. The number of hydrogen-bond donors (Lipinski definition) is 1. The lowest BCUT2D eigenvalue weighted by Crippen LogP contribution is -2.31. The predicted molar refractivity (Wildman–Crippen MR) is 86.1 cm³/mol. The Kier molecular flexibility index (Phi) is 4.20. The lowest BCUT2D eigenvalue weighted by molar-refractivity contribution is 0.369. The van der Waals surface area contributed by atoms with Crippen LogP contribution in [0.2, 0.25) is 0 Å². The number of amidine groups is 1. The van der Waals surface area contributed by atoms with Gasteiger partial charge in [-0.3, -0.25) is 4.99 Å². The average molecular weight is 280 g/mol. The highest BCUT2D eigenvalue weighted by atomic mass is 16.5. The Bertz CT molecular complexity index is 622. The zero-order valence-corrected chi connectivity index (χ0v) is 12.3. The van der Waals surface area contributed by atoms with Crippen LogP contribution in [-0.4, -0.2) is 25.0 Å². The molecule has 3 nitrogen and oxygen atoms in total. The molecule has 0 amide bonds. The van der Waals surface area contributed by atoms with Gasteiger partial charge in [-0.1, -0.05) is 48.5 Å². The Morgan fingerprint density at radius 2 is 1.86 bits per heavy atom. The third kappa shape index (κ3) is 3.63. The molecule has 108 valence electrons. The number of aliphatic imine (C=N–C) groups is 1. The second kappa shape index (κ2) is 6.44. The van der Waals surface area contributed by atoms with Crippen molar-refractivity contribution in [3.05, 3.63) is 65.7 Å². The number of nitrogens with one attached hydrogen (secondary N) is 1. The quantitative estimate of drug-likeness (QED) is 0.913. The van der Waals surface area contributed by atoms with Gasteiger partial charge in [0.1, 0.15) is 18.2 Å². The second-order valence-electron chi connectivity index (χ2n) is 5.39. The van der Waals surface area contributed by atoms with E-state index in [1.807, 2.05) is 18.2 Å². The van der Waals surface area contributed by atoms with Crippen molar-refractivity contribution in [1.29, 1.82) is 0 Å². The van der Waals surface area contributed by atoms with Crippen LogP contribution < -0.4 is 10.1 Å². The van der Waals surface area contributed by atoms with Gasteiger partial charge in [-0.25, -0.2) is 0 Å². The molecule has 1 heterocycles. The van der Waals surface area contributed by atoms with Gasteiger partial charge in [0.2, 0.25) is 0 Å². The molecule has 0 radical (unpaired) electrons. The fourth-order valence-electron chi connectivity index (χ4n) is 2.46. The molecular weight excluding hydrogens is 260 g/mol. The zero-order valence-electron chi connectivity index (χ0n) is 12.3. The van der Waals surface area contributed by atoms with E-state index in [4.69, 9.17) is 4.74 Å². The molecule has 3 heteroatoms. The molecule has 0 bridgehead atoms. The van der Waals surface area contributed by atoms with Crippen LogP contribution in [0.4, 0.5) is 0 Å². The van der Waals surface area contributed by atoms with Gasteiger partial charge in [0.05, 0.1) is 6.54 Å². The zero-order chi connectivity index (χ0) is 14.5. The summed E-state index contributed by atoms with van der Waals surface area (Å²) in [5.41, 5.74) is 2.49. The summed E-state index contributed by atoms with van der Waals surface area (Å²) in [6.07, 6.45) is 0.882. The van der Waals surface area contributed by atoms with Gasteiger partial charge in [-0.2, -0.15) is 0 Å². The van der Waals surface area contributed by atoms with Crippen molar-refractivity contribution in [2.75, 3.05) is 13.2 Å². The van der Waals surface area contributed by atoms with E-state index in [1.165, 1.54) is 11.1 Å². The lowest BCUT2D eigenvalue weighted by atomic mass is 10.0. The Labute approximate surface area is 125 Å². The highest BCUT2D eigenvalue weighted by Crippen LogP contribution is 2.21. The van der Waals surface area contributed by atoms with Crippen LogP contribution in [0.1, 0.15) is 18.1 Å². The number of hydrogen-bond acceptors (Lipinski definition) is 3. The third-order valence-corrected chi connectivity index (χ3v) is 3.54. The van der Waals surface area contributed by atoms with Crippen molar-refractivity contribution < 1.29 is 4.74 Å². The van der Waals surface area contributed by atoms with Crippen molar-refractivity contribution in [2.24, 2.45) is 4.99 Å². The fourth-order valence-corrected chi connectivity index (χ4v) is 2.46. The maximum atomic E-state index is 5.95. The van der Waals surface area contributed by atoms with Crippen molar-refractivity contribution in [1.82, 2.24) is 5.32 Å². The van der Waals surface area contributed by atoms with E-state index in [1.54, 1.807) is 0 Å². The molecular formula is C18H20N2O. The number of ether oxygens (including phenoxy) is 1. The first kappa shape index (κ1) is 13.7. The van der Waals surface area contributed by atoms with Crippen molar-refractivity contribution in [3.8, 4) is 5.75 Å². The first-order valence-electron chi connectivity index (χ1n) is 7.36. The van der Waals surface area contributed by atoms with Crippen molar-refractivity contribution in [2.45, 2.75) is 19.4 Å². The molecule has 0 spiro atoms. The monoisotopic (exact) mass is 280 g/mol. The maximum Gasteiger partial charge on any atom is 0.145 e. The summed E-state index contributed by atoms with van der Waals surface area (Å²) in [7, 11) is 0. The minimum atomic E-state index is 0.420. The van der Waals surface area contributed by atoms with Gasteiger partial charge >= 0.3 is 0 Å². The SMILES string of the molecule is CC1CN=C(COc2ccccc2Cc2ccccc2)N1. The molecule has 0 aromatic heterocycles. The number of rotatable bonds is 5. The molecule has 0 saturated carbocycles. The Hall–Kier alpha value is -2.29. The molecule has 21 heavy (non-hydrogen) atoms. The van der Waals surface area contributed by atoms with Gasteiger partial charge < -0.3 is 10.1 Å². The van der Waals surface area contributed by atoms with Crippen LogP contribution in [0.25, 0.3) is 0 Å². The predicted octanol–water partition coefficient (Wildman–Crippen LogP) is 3.05. The number of para-hydroxylation sites is 1. The fraction of sp³-hybridized carbons (Fsp3) is 0.278. The molecule has 1 N–H and O–H groups in total. The van der Waals surface area contributed by atoms with Crippen molar-refractivity contribution in [3.63, 3.8) is 0 Å². The van der Waals surface area contributed by atoms with Crippen molar-refractivity contribution >= 4 is 5.84 Å². The second-order valence-corrected chi connectivity index (χ2v) is 5.39. The van der Waals surface area contributed by atoms with Crippen LogP contribution in [0.3, 0.4) is 0 Å². The molecule has 1 aliphatic rings. The van der Waals surface area contributed by atoms with Gasteiger partial charge in [0.25, 0.3) is 0 Å². The molecule has 3 rings (SSSR count). The largest absolute Gasteiger partial charge is 0.485 e. The molecule has 2 aromatic carbocycles. The third-order valence-electron chi connectivity index (χ3n) is 3.54. The summed E-state index contributed by atoms with van der Waals surface area (Å²) in [6, 6.07) is 19.1. The highest BCUT2D eigenvalue weighted by Gasteiger charge is 2.13. The smallest absolute Gasteiger partial charge is 0.145 e. The van der Waals surface area contributed by atoms with E-state index >= 15 is 0 Å². The molecule has 1 aliphatic heterocycles. The summed E-state index contributed by atoms with van der Waals surface area (Å²) in [4.78, 5) is 4.43. The average Bonchev–Trinajstić information content (AvgIpc) is 2.93. The molecule has 0 fully saturated rings.